The van der Waals surface area contributed by atoms with Gasteiger partial charge in [-0.15, -0.1) is 0 Å². The third-order valence-corrected chi connectivity index (χ3v) is 5.86. The van der Waals surface area contributed by atoms with Gasteiger partial charge in [-0.2, -0.15) is 5.26 Å². The third-order valence-electron chi connectivity index (χ3n) is 5.86. The van der Waals surface area contributed by atoms with Crippen molar-refractivity contribution in [3.05, 3.63) is 35.8 Å². The number of nitriles is 1. The minimum absolute atomic E-state index is 0.170. The standard InChI is InChI=1S/C25H34FN5O3/c1-25(2,3)12-22(31-23(32)21-11-18-19(26)7-4-8-20(18)30-21)24(33)29-17(13-27)10-16-6-5-9-28-15-34-14-16/h4,7-8,11,16-17,22,28,30H,5-6,9-10,12,14-15H2,1-3H3,(H,29,33)(H,31,32)/t16-,17-,22-/m0/s1. The number of halogens is 1. The van der Waals surface area contributed by atoms with Gasteiger partial charge in [0.25, 0.3) is 5.91 Å². The smallest absolute Gasteiger partial charge is 0.268 e. The number of amides is 2. The predicted molar refractivity (Wildman–Crippen MR) is 127 cm³/mol. The first-order valence-corrected chi connectivity index (χ1v) is 11.7. The Hall–Kier alpha value is -2.96. The number of ether oxygens (including phenoxy) is 1. The lowest BCUT2D eigenvalue weighted by molar-refractivity contribution is -0.124. The SMILES string of the molecule is CC(C)(C)C[C@H](NC(=O)c1cc2c(F)cccc2[nH]1)C(=O)N[C@H](C#N)C[C@@H]1CCCNCOC1. The number of aromatic amines is 1. The highest BCUT2D eigenvalue weighted by atomic mass is 19.1. The van der Waals surface area contributed by atoms with Crippen LogP contribution in [0.3, 0.4) is 0 Å². The number of benzene rings is 1. The van der Waals surface area contributed by atoms with Crippen LogP contribution in [0, 0.1) is 28.5 Å². The summed E-state index contributed by atoms with van der Waals surface area (Å²) in [5.41, 5.74) is 0.414. The Morgan fingerprint density at radius 1 is 1.32 bits per heavy atom. The van der Waals surface area contributed by atoms with E-state index in [1.165, 1.54) is 12.1 Å². The Kier molecular flexibility index (Phi) is 8.64. The highest BCUT2D eigenvalue weighted by molar-refractivity contribution is 6.00. The number of hydrogen-bond acceptors (Lipinski definition) is 5. The van der Waals surface area contributed by atoms with Crippen LogP contribution < -0.4 is 16.0 Å². The van der Waals surface area contributed by atoms with Gasteiger partial charge in [-0.3, -0.25) is 14.9 Å². The summed E-state index contributed by atoms with van der Waals surface area (Å²) >= 11 is 0. The quantitative estimate of drug-likeness (QED) is 0.494. The molecule has 2 amide bonds. The highest BCUT2D eigenvalue weighted by Gasteiger charge is 2.29. The van der Waals surface area contributed by atoms with Gasteiger partial charge in [0.05, 0.1) is 19.4 Å². The van der Waals surface area contributed by atoms with Crippen molar-refractivity contribution in [3.63, 3.8) is 0 Å². The van der Waals surface area contributed by atoms with Gasteiger partial charge in [0.2, 0.25) is 5.91 Å². The van der Waals surface area contributed by atoms with Crippen molar-refractivity contribution in [3.8, 4) is 6.07 Å². The van der Waals surface area contributed by atoms with E-state index >= 15 is 0 Å². The Morgan fingerprint density at radius 3 is 2.82 bits per heavy atom. The maximum absolute atomic E-state index is 14.0. The van der Waals surface area contributed by atoms with Gasteiger partial charge in [-0.05, 0) is 61.8 Å². The molecule has 0 spiro atoms. The number of fused-ring (bicyclic) bond motifs is 1. The molecule has 3 atom stereocenters. The average molecular weight is 472 g/mol. The van der Waals surface area contributed by atoms with E-state index in [2.05, 4.69) is 27.0 Å². The summed E-state index contributed by atoms with van der Waals surface area (Å²) in [6, 6.07) is 6.65. The fraction of sp³-hybridized carbons (Fsp3) is 0.560. The molecular weight excluding hydrogens is 437 g/mol. The molecule has 1 aliphatic heterocycles. The molecule has 0 unspecified atom stereocenters. The molecule has 34 heavy (non-hydrogen) atoms. The van der Waals surface area contributed by atoms with Gasteiger partial charge in [0.15, 0.2) is 0 Å². The third kappa shape index (κ3) is 7.27. The monoisotopic (exact) mass is 471 g/mol. The van der Waals surface area contributed by atoms with Crippen LogP contribution in [0.4, 0.5) is 4.39 Å². The second-order valence-corrected chi connectivity index (χ2v) is 10.1. The molecule has 0 saturated carbocycles. The molecule has 1 fully saturated rings. The average Bonchev–Trinajstić information content (AvgIpc) is 3.19. The molecular formula is C25H34FN5O3. The van der Waals surface area contributed by atoms with E-state index in [1.807, 2.05) is 20.8 Å². The number of H-pyrrole nitrogens is 1. The lowest BCUT2D eigenvalue weighted by atomic mass is 9.87. The van der Waals surface area contributed by atoms with Gasteiger partial charge in [-0.25, -0.2) is 4.39 Å². The van der Waals surface area contributed by atoms with Crippen molar-refractivity contribution >= 4 is 22.7 Å². The topological polar surface area (TPSA) is 119 Å². The molecule has 1 aromatic heterocycles. The molecule has 1 aliphatic rings. The minimum Gasteiger partial charge on any atom is -0.366 e. The van der Waals surface area contributed by atoms with Crippen LogP contribution in [0.1, 0.15) is 56.9 Å². The van der Waals surface area contributed by atoms with Gasteiger partial charge in [0.1, 0.15) is 23.6 Å². The zero-order valence-electron chi connectivity index (χ0n) is 20.0. The van der Waals surface area contributed by atoms with Crippen molar-refractivity contribution in [2.24, 2.45) is 11.3 Å². The van der Waals surface area contributed by atoms with Crippen LogP contribution >= 0.6 is 0 Å². The van der Waals surface area contributed by atoms with Crippen LogP contribution in [0.2, 0.25) is 0 Å². The first kappa shape index (κ1) is 25.7. The van der Waals surface area contributed by atoms with Crippen molar-refractivity contribution in [2.45, 2.75) is 58.5 Å². The zero-order chi connectivity index (χ0) is 24.7. The van der Waals surface area contributed by atoms with Gasteiger partial charge < -0.3 is 20.4 Å². The summed E-state index contributed by atoms with van der Waals surface area (Å²) in [7, 11) is 0. The van der Waals surface area contributed by atoms with Gasteiger partial charge in [0, 0.05) is 10.9 Å². The van der Waals surface area contributed by atoms with Gasteiger partial charge >= 0.3 is 0 Å². The molecule has 184 valence electrons. The van der Waals surface area contributed by atoms with Crippen LogP contribution in [0.15, 0.2) is 24.3 Å². The van der Waals surface area contributed by atoms with E-state index in [0.717, 1.165) is 19.4 Å². The molecule has 8 nitrogen and oxygen atoms in total. The Balaban J connectivity index is 1.69. The zero-order valence-corrected chi connectivity index (χ0v) is 20.0. The fourth-order valence-electron chi connectivity index (χ4n) is 4.20. The predicted octanol–water partition coefficient (Wildman–Crippen LogP) is 3.21. The Morgan fingerprint density at radius 2 is 2.12 bits per heavy atom. The summed E-state index contributed by atoms with van der Waals surface area (Å²) in [4.78, 5) is 29.0. The molecule has 3 rings (SSSR count). The van der Waals surface area contributed by atoms with E-state index in [-0.39, 0.29) is 17.0 Å². The summed E-state index contributed by atoms with van der Waals surface area (Å²) in [6.07, 6.45) is 2.74. The second-order valence-electron chi connectivity index (χ2n) is 10.1. The van der Waals surface area contributed by atoms with Crippen molar-refractivity contribution in [1.29, 1.82) is 5.26 Å². The van der Waals surface area contributed by atoms with Crippen molar-refractivity contribution < 1.29 is 18.7 Å². The van der Waals surface area contributed by atoms with Crippen molar-refractivity contribution in [2.75, 3.05) is 19.9 Å². The number of hydrogen-bond donors (Lipinski definition) is 4. The van der Waals surface area contributed by atoms with Gasteiger partial charge in [-0.1, -0.05) is 26.8 Å². The lowest BCUT2D eigenvalue weighted by Crippen LogP contribution is -2.51. The summed E-state index contributed by atoms with van der Waals surface area (Å²) in [5.74, 6) is -1.17. The molecule has 0 radical (unpaired) electrons. The molecule has 2 heterocycles. The molecule has 1 aromatic carbocycles. The lowest BCUT2D eigenvalue weighted by Gasteiger charge is -2.28. The van der Waals surface area contributed by atoms with E-state index in [9.17, 15) is 19.2 Å². The van der Waals surface area contributed by atoms with Crippen LogP contribution in [-0.2, 0) is 9.53 Å². The molecule has 0 aliphatic carbocycles. The number of nitrogens with one attached hydrogen (secondary N) is 4. The first-order valence-electron chi connectivity index (χ1n) is 11.7. The normalized spacial score (nSPS) is 18.9. The van der Waals surface area contributed by atoms with Crippen molar-refractivity contribution in [1.82, 2.24) is 20.9 Å². The van der Waals surface area contributed by atoms with Crippen LogP contribution in [0.25, 0.3) is 10.9 Å². The van der Waals surface area contributed by atoms with E-state index in [1.54, 1.807) is 12.1 Å². The molecule has 4 N–H and O–H groups in total. The van der Waals surface area contributed by atoms with Crippen LogP contribution in [-0.4, -0.2) is 48.8 Å². The number of carbonyl (C=O) groups is 2. The summed E-state index contributed by atoms with van der Waals surface area (Å²) in [5, 5.41) is 18.7. The number of aromatic nitrogens is 1. The molecule has 2 aromatic rings. The number of nitrogens with zero attached hydrogens (tertiary/aromatic N) is 1. The number of carbonyl (C=O) groups excluding carboxylic acids is 2. The highest BCUT2D eigenvalue weighted by Crippen LogP contribution is 2.23. The Labute approximate surface area is 199 Å². The number of rotatable bonds is 7. The molecule has 1 saturated heterocycles. The Bertz CT molecular complexity index is 1030. The largest absolute Gasteiger partial charge is 0.366 e. The second kappa shape index (κ2) is 11.4. The fourth-order valence-corrected chi connectivity index (χ4v) is 4.20. The maximum atomic E-state index is 14.0. The molecule has 9 heteroatoms. The first-order chi connectivity index (χ1) is 16.2. The summed E-state index contributed by atoms with van der Waals surface area (Å²) < 4.78 is 19.6. The molecule has 0 bridgehead atoms. The van der Waals surface area contributed by atoms with E-state index in [4.69, 9.17) is 4.74 Å². The van der Waals surface area contributed by atoms with E-state index in [0.29, 0.717) is 37.1 Å². The van der Waals surface area contributed by atoms with E-state index < -0.39 is 29.7 Å². The summed E-state index contributed by atoms with van der Waals surface area (Å²) in [6.45, 7) is 7.78. The van der Waals surface area contributed by atoms with Crippen LogP contribution in [0.5, 0.6) is 0 Å². The maximum Gasteiger partial charge on any atom is 0.268 e. The minimum atomic E-state index is -0.850.